The second-order valence-electron chi connectivity index (χ2n) is 4.47. The van der Waals surface area contributed by atoms with Crippen molar-refractivity contribution in [3.63, 3.8) is 0 Å². The number of aliphatic imine (C=N–C) groups is 1. The van der Waals surface area contributed by atoms with Gasteiger partial charge >= 0.3 is 0 Å². The van der Waals surface area contributed by atoms with Crippen molar-refractivity contribution in [3.05, 3.63) is 60.2 Å². The molecule has 0 radical (unpaired) electrons. The normalized spacial score (nSPS) is 14.4. The second-order valence-corrected chi connectivity index (χ2v) is 4.47. The Morgan fingerprint density at radius 3 is 2.26 bits per heavy atom. The van der Waals surface area contributed by atoms with E-state index in [1.165, 1.54) is 0 Å². The summed E-state index contributed by atoms with van der Waals surface area (Å²) in [5.41, 5.74) is 3.18. The van der Waals surface area contributed by atoms with E-state index in [0.717, 1.165) is 35.9 Å². The Morgan fingerprint density at radius 2 is 1.63 bits per heavy atom. The van der Waals surface area contributed by atoms with Gasteiger partial charge in [0.15, 0.2) is 0 Å². The maximum absolute atomic E-state index is 5.86. The van der Waals surface area contributed by atoms with Crippen molar-refractivity contribution >= 4 is 17.2 Å². The molecular formula is C15H16N4. The summed E-state index contributed by atoms with van der Waals surface area (Å²) in [5, 5.41) is 5.04. The molecule has 1 heterocycles. The molecule has 2 aromatic rings. The lowest BCUT2D eigenvalue weighted by Gasteiger charge is -2.13. The van der Waals surface area contributed by atoms with E-state index in [1.807, 2.05) is 54.6 Å². The molecule has 4 heteroatoms. The monoisotopic (exact) mass is 252 g/mol. The third-order valence-corrected chi connectivity index (χ3v) is 3.08. The third-order valence-electron chi connectivity index (χ3n) is 3.08. The molecule has 3 N–H and O–H groups in total. The molecule has 1 aliphatic rings. The second kappa shape index (κ2) is 5.12. The maximum atomic E-state index is 5.86. The van der Waals surface area contributed by atoms with E-state index >= 15 is 0 Å². The van der Waals surface area contributed by atoms with E-state index in [2.05, 4.69) is 10.3 Å². The molecule has 3 rings (SSSR count). The van der Waals surface area contributed by atoms with Crippen LogP contribution in [-0.2, 0) is 0 Å². The number of hydrazine groups is 1. The zero-order valence-corrected chi connectivity index (χ0v) is 10.6. The van der Waals surface area contributed by atoms with Crippen molar-refractivity contribution in [3.8, 4) is 0 Å². The average Bonchev–Trinajstić information content (AvgIpc) is 2.87. The fourth-order valence-electron chi connectivity index (χ4n) is 2.11. The van der Waals surface area contributed by atoms with E-state index in [1.54, 1.807) is 5.01 Å². The minimum atomic E-state index is 0.774. The first-order valence-corrected chi connectivity index (χ1v) is 6.32. The van der Waals surface area contributed by atoms with Gasteiger partial charge in [0.05, 0.1) is 13.1 Å². The highest BCUT2D eigenvalue weighted by Crippen LogP contribution is 2.17. The Bertz CT molecular complexity index is 575. The van der Waals surface area contributed by atoms with Gasteiger partial charge in [-0.2, -0.15) is 0 Å². The van der Waals surface area contributed by atoms with Gasteiger partial charge in [-0.25, -0.2) is 5.84 Å². The first kappa shape index (κ1) is 11.7. The Kier molecular flexibility index (Phi) is 3.16. The zero-order chi connectivity index (χ0) is 13.1. The predicted molar refractivity (Wildman–Crippen MR) is 78.5 cm³/mol. The van der Waals surface area contributed by atoms with Gasteiger partial charge < -0.3 is 5.32 Å². The van der Waals surface area contributed by atoms with Crippen molar-refractivity contribution in [1.82, 2.24) is 5.01 Å². The van der Waals surface area contributed by atoms with Crippen molar-refractivity contribution in [2.75, 3.05) is 18.4 Å². The van der Waals surface area contributed by atoms with Gasteiger partial charge in [-0.15, -0.1) is 0 Å². The van der Waals surface area contributed by atoms with Crippen molar-refractivity contribution in [2.45, 2.75) is 0 Å². The minimum absolute atomic E-state index is 0.774. The molecule has 0 bridgehead atoms. The summed E-state index contributed by atoms with van der Waals surface area (Å²) < 4.78 is 0. The van der Waals surface area contributed by atoms with Gasteiger partial charge in [-0.1, -0.05) is 18.2 Å². The molecule has 96 valence electrons. The summed E-state index contributed by atoms with van der Waals surface area (Å²) in [7, 11) is 0. The van der Waals surface area contributed by atoms with Crippen molar-refractivity contribution in [2.24, 2.45) is 10.8 Å². The Hall–Kier alpha value is -2.33. The van der Waals surface area contributed by atoms with Crippen LogP contribution in [0.15, 0.2) is 59.6 Å². The van der Waals surface area contributed by atoms with Crippen LogP contribution in [0.5, 0.6) is 0 Å². The van der Waals surface area contributed by atoms with Gasteiger partial charge in [0.1, 0.15) is 5.84 Å². The Morgan fingerprint density at radius 1 is 0.947 bits per heavy atom. The van der Waals surface area contributed by atoms with Crippen LogP contribution < -0.4 is 11.2 Å². The SMILES string of the molecule is NN1CCN=C1c1ccc(Nc2ccccc2)cc1. The molecule has 0 aliphatic carbocycles. The molecule has 0 atom stereocenters. The number of anilines is 2. The topological polar surface area (TPSA) is 53.6 Å². The molecule has 0 saturated carbocycles. The fraction of sp³-hybridized carbons (Fsp3) is 0.133. The highest BCUT2D eigenvalue weighted by molar-refractivity contribution is 5.99. The van der Waals surface area contributed by atoms with E-state index in [-0.39, 0.29) is 0 Å². The number of rotatable bonds is 3. The lowest BCUT2D eigenvalue weighted by atomic mass is 10.2. The molecule has 0 spiro atoms. The largest absolute Gasteiger partial charge is 0.356 e. The van der Waals surface area contributed by atoms with Crippen LogP contribution >= 0.6 is 0 Å². The quantitative estimate of drug-likeness (QED) is 0.825. The molecule has 19 heavy (non-hydrogen) atoms. The number of benzene rings is 2. The molecule has 4 nitrogen and oxygen atoms in total. The van der Waals surface area contributed by atoms with Crippen LogP contribution in [0, 0.1) is 0 Å². The first-order valence-electron chi connectivity index (χ1n) is 6.32. The van der Waals surface area contributed by atoms with E-state index in [9.17, 15) is 0 Å². The van der Waals surface area contributed by atoms with Gasteiger partial charge in [-0.3, -0.25) is 10.0 Å². The fourth-order valence-corrected chi connectivity index (χ4v) is 2.11. The summed E-state index contributed by atoms with van der Waals surface area (Å²) >= 11 is 0. The summed E-state index contributed by atoms with van der Waals surface area (Å²) in [5.74, 6) is 6.73. The van der Waals surface area contributed by atoms with Crippen LogP contribution in [-0.4, -0.2) is 23.9 Å². The molecule has 2 aromatic carbocycles. The van der Waals surface area contributed by atoms with E-state index < -0.39 is 0 Å². The van der Waals surface area contributed by atoms with Crippen LogP contribution in [0.1, 0.15) is 5.56 Å². The predicted octanol–water partition coefficient (Wildman–Crippen LogP) is 2.37. The maximum Gasteiger partial charge on any atom is 0.145 e. The highest BCUT2D eigenvalue weighted by Gasteiger charge is 2.14. The number of nitrogens with one attached hydrogen (secondary N) is 1. The van der Waals surface area contributed by atoms with Gasteiger partial charge in [-0.05, 0) is 36.4 Å². The highest BCUT2D eigenvalue weighted by atomic mass is 15.5. The number of para-hydroxylation sites is 1. The summed E-state index contributed by atoms with van der Waals surface area (Å²) in [6.07, 6.45) is 0. The summed E-state index contributed by atoms with van der Waals surface area (Å²) in [6, 6.07) is 18.3. The third kappa shape index (κ3) is 2.58. The molecule has 0 saturated heterocycles. The lowest BCUT2D eigenvalue weighted by molar-refractivity contribution is 0.484. The van der Waals surface area contributed by atoms with E-state index in [0.29, 0.717) is 0 Å². The smallest absolute Gasteiger partial charge is 0.145 e. The van der Waals surface area contributed by atoms with Crippen molar-refractivity contribution in [1.29, 1.82) is 0 Å². The average molecular weight is 252 g/mol. The van der Waals surface area contributed by atoms with Crippen LogP contribution in [0.3, 0.4) is 0 Å². The Balaban J connectivity index is 1.76. The van der Waals surface area contributed by atoms with Gasteiger partial charge in [0, 0.05) is 16.9 Å². The number of nitrogens with two attached hydrogens (primary N) is 1. The standard InChI is InChI=1S/C15H16N4/c16-19-11-10-17-15(19)12-6-8-14(9-7-12)18-13-4-2-1-3-5-13/h1-9,18H,10-11,16H2. The summed E-state index contributed by atoms with van der Waals surface area (Å²) in [4.78, 5) is 4.40. The summed E-state index contributed by atoms with van der Waals surface area (Å²) in [6.45, 7) is 1.56. The van der Waals surface area contributed by atoms with Crippen LogP contribution in [0.25, 0.3) is 0 Å². The van der Waals surface area contributed by atoms with Crippen LogP contribution in [0.2, 0.25) is 0 Å². The van der Waals surface area contributed by atoms with E-state index in [4.69, 9.17) is 5.84 Å². The molecular weight excluding hydrogens is 236 g/mol. The Labute approximate surface area is 112 Å². The molecule has 0 fully saturated rings. The minimum Gasteiger partial charge on any atom is -0.356 e. The van der Waals surface area contributed by atoms with Crippen molar-refractivity contribution < 1.29 is 0 Å². The number of amidine groups is 1. The molecule has 1 aliphatic heterocycles. The molecule has 0 amide bonds. The number of nitrogens with zero attached hydrogens (tertiary/aromatic N) is 2. The molecule has 0 aromatic heterocycles. The van der Waals surface area contributed by atoms with Gasteiger partial charge in [0.2, 0.25) is 0 Å². The lowest BCUT2D eigenvalue weighted by Crippen LogP contribution is -2.34. The number of hydrogen-bond acceptors (Lipinski definition) is 4. The zero-order valence-electron chi connectivity index (χ0n) is 10.6. The van der Waals surface area contributed by atoms with Crippen LogP contribution in [0.4, 0.5) is 11.4 Å². The number of hydrogen-bond donors (Lipinski definition) is 2. The molecule has 0 unspecified atom stereocenters. The van der Waals surface area contributed by atoms with Gasteiger partial charge in [0.25, 0.3) is 0 Å². The first-order chi connectivity index (χ1) is 9.33.